The molecular weight excluding hydrogens is 304 g/mol. The Morgan fingerprint density at radius 2 is 1.75 bits per heavy atom. The third-order valence-corrected chi connectivity index (χ3v) is 4.40. The minimum absolute atomic E-state index is 0.0863. The molecule has 6 nitrogen and oxygen atoms in total. The van der Waals surface area contributed by atoms with Gasteiger partial charge >= 0.3 is 0 Å². The molecule has 6 heteroatoms. The van der Waals surface area contributed by atoms with Gasteiger partial charge in [-0.05, 0) is 19.0 Å². The number of rotatable bonds is 3. The van der Waals surface area contributed by atoms with Gasteiger partial charge in [0.15, 0.2) is 5.69 Å². The molecule has 1 aromatic heterocycles. The van der Waals surface area contributed by atoms with Crippen molar-refractivity contribution in [2.24, 2.45) is 5.92 Å². The second-order valence-electron chi connectivity index (χ2n) is 6.87. The van der Waals surface area contributed by atoms with Crippen LogP contribution in [0.1, 0.15) is 24.3 Å². The maximum atomic E-state index is 13.0. The Morgan fingerprint density at radius 1 is 1.12 bits per heavy atom. The highest BCUT2D eigenvalue weighted by molar-refractivity contribution is 6.04. The normalized spacial score (nSPS) is 16.1. The van der Waals surface area contributed by atoms with Crippen molar-refractivity contribution in [2.75, 3.05) is 33.2 Å². The number of amides is 1. The molecule has 1 fully saturated rings. The lowest BCUT2D eigenvalue weighted by Crippen LogP contribution is -2.47. The van der Waals surface area contributed by atoms with Crippen molar-refractivity contribution in [2.45, 2.75) is 20.4 Å². The van der Waals surface area contributed by atoms with Crippen LogP contribution in [0.3, 0.4) is 0 Å². The summed E-state index contributed by atoms with van der Waals surface area (Å²) >= 11 is 0. The van der Waals surface area contributed by atoms with Crippen LogP contribution in [0.15, 0.2) is 29.1 Å². The lowest BCUT2D eigenvalue weighted by atomic mass is 10.1. The zero-order valence-corrected chi connectivity index (χ0v) is 14.5. The SMILES string of the molecule is CC(C)Cn1nc(C(=O)N2CCN(C)CC2)c2ccccc2c1=O. The number of hydrogen-bond donors (Lipinski definition) is 0. The molecule has 24 heavy (non-hydrogen) atoms. The fourth-order valence-corrected chi connectivity index (χ4v) is 3.02. The van der Waals surface area contributed by atoms with E-state index >= 15 is 0 Å². The van der Waals surface area contributed by atoms with Crippen LogP contribution >= 0.6 is 0 Å². The molecule has 0 bridgehead atoms. The van der Waals surface area contributed by atoms with E-state index < -0.39 is 0 Å². The summed E-state index contributed by atoms with van der Waals surface area (Å²) in [5.74, 6) is 0.194. The Labute approximate surface area is 141 Å². The zero-order valence-electron chi connectivity index (χ0n) is 14.5. The van der Waals surface area contributed by atoms with Crippen LogP contribution in [0.25, 0.3) is 10.8 Å². The van der Waals surface area contributed by atoms with Crippen LogP contribution in [0.4, 0.5) is 0 Å². The second kappa shape index (κ2) is 6.73. The topological polar surface area (TPSA) is 58.4 Å². The predicted molar refractivity (Wildman–Crippen MR) is 94.2 cm³/mol. The van der Waals surface area contributed by atoms with Crippen LogP contribution < -0.4 is 5.56 Å². The van der Waals surface area contributed by atoms with E-state index in [9.17, 15) is 9.59 Å². The van der Waals surface area contributed by atoms with Crippen LogP contribution in [-0.2, 0) is 6.54 Å². The van der Waals surface area contributed by atoms with E-state index in [0.29, 0.717) is 36.1 Å². The minimum atomic E-state index is -0.130. The molecule has 0 spiro atoms. The molecule has 1 aliphatic rings. The van der Waals surface area contributed by atoms with Crippen molar-refractivity contribution in [3.63, 3.8) is 0 Å². The number of fused-ring (bicyclic) bond motifs is 1. The monoisotopic (exact) mass is 328 g/mol. The molecule has 0 saturated carbocycles. The zero-order chi connectivity index (χ0) is 17.3. The number of nitrogens with zero attached hydrogens (tertiary/aromatic N) is 4. The molecule has 1 amide bonds. The van der Waals surface area contributed by atoms with Crippen molar-refractivity contribution >= 4 is 16.7 Å². The molecule has 0 aliphatic carbocycles. The number of carbonyl (C=O) groups excluding carboxylic acids is 1. The highest BCUT2D eigenvalue weighted by Crippen LogP contribution is 2.16. The first-order valence-electron chi connectivity index (χ1n) is 8.45. The summed E-state index contributed by atoms with van der Waals surface area (Å²) in [7, 11) is 2.05. The molecule has 1 aromatic carbocycles. The number of piperazine rings is 1. The molecule has 3 rings (SSSR count). The first-order chi connectivity index (χ1) is 11.5. The molecule has 0 N–H and O–H groups in total. The fourth-order valence-electron chi connectivity index (χ4n) is 3.02. The first kappa shape index (κ1) is 16.6. The summed E-state index contributed by atoms with van der Waals surface area (Å²) in [4.78, 5) is 29.7. The largest absolute Gasteiger partial charge is 0.335 e. The van der Waals surface area contributed by atoms with Gasteiger partial charge in [0, 0.05) is 38.1 Å². The molecule has 1 saturated heterocycles. The van der Waals surface area contributed by atoms with Gasteiger partial charge in [0.05, 0.1) is 5.39 Å². The molecule has 1 aliphatic heterocycles. The molecular formula is C18H24N4O2. The second-order valence-corrected chi connectivity index (χ2v) is 6.87. The van der Waals surface area contributed by atoms with E-state index in [2.05, 4.69) is 17.0 Å². The van der Waals surface area contributed by atoms with Crippen LogP contribution in [0, 0.1) is 5.92 Å². The molecule has 0 atom stereocenters. The van der Waals surface area contributed by atoms with E-state index in [4.69, 9.17) is 0 Å². The van der Waals surface area contributed by atoms with Crippen LogP contribution in [0.2, 0.25) is 0 Å². The summed E-state index contributed by atoms with van der Waals surface area (Å²) in [5, 5.41) is 5.64. The van der Waals surface area contributed by atoms with Gasteiger partial charge in [0.2, 0.25) is 0 Å². The smallest absolute Gasteiger partial charge is 0.275 e. The van der Waals surface area contributed by atoms with Gasteiger partial charge in [-0.25, -0.2) is 4.68 Å². The van der Waals surface area contributed by atoms with Gasteiger partial charge < -0.3 is 9.80 Å². The number of carbonyl (C=O) groups is 1. The lowest BCUT2D eigenvalue weighted by molar-refractivity contribution is 0.0657. The minimum Gasteiger partial charge on any atom is -0.335 e. The number of hydrogen-bond acceptors (Lipinski definition) is 4. The van der Waals surface area contributed by atoms with Crippen molar-refractivity contribution in [3.8, 4) is 0 Å². The summed E-state index contributed by atoms with van der Waals surface area (Å²) < 4.78 is 1.44. The third-order valence-electron chi connectivity index (χ3n) is 4.40. The van der Waals surface area contributed by atoms with Crippen molar-refractivity contribution in [1.82, 2.24) is 19.6 Å². The summed E-state index contributed by atoms with van der Waals surface area (Å²) in [5.41, 5.74) is 0.254. The lowest BCUT2D eigenvalue weighted by Gasteiger charge is -2.32. The Morgan fingerprint density at radius 3 is 2.38 bits per heavy atom. The van der Waals surface area contributed by atoms with E-state index in [0.717, 1.165) is 13.1 Å². The first-order valence-corrected chi connectivity index (χ1v) is 8.45. The average molecular weight is 328 g/mol. The maximum Gasteiger partial charge on any atom is 0.275 e. The molecule has 128 valence electrons. The van der Waals surface area contributed by atoms with Crippen molar-refractivity contribution < 1.29 is 4.79 Å². The van der Waals surface area contributed by atoms with Gasteiger partial charge in [-0.2, -0.15) is 5.10 Å². The number of likely N-dealkylation sites (N-methyl/N-ethyl adjacent to an activating group) is 1. The number of aromatic nitrogens is 2. The Balaban J connectivity index is 2.07. The maximum absolute atomic E-state index is 13.0. The van der Waals surface area contributed by atoms with Gasteiger partial charge in [0.1, 0.15) is 0 Å². The molecule has 0 unspecified atom stereocenters. The average Bonchev–Trinajstić information content (AvgIpc) is 2.57. The van der Waals surface area contributed by atoms with Crippen LogP contribution in [-0.4, -0.2) is 58.7 Å². The van der Waals surface area contributed by atoms with Crippen molar-refractivity contribution in [1.29, 1.82) is 0 Å². The van der Waals surface area contributed by atoms with E-state index in [1.54, 1.807) is 6.07 Å². The van der Waals surface area contributed by atoms with Gasteiger partial charge in [-0.15, -0.1) is 0 Å². The van der Waals surface area contributed by atoms with E-state index in [-0.39, 0.29) is 17.4 Å². The van der Waals surface area contributed by atoms with Crippen molar-refractivity contribution in [3.05, 3.63) is 40.3 Å². The Kier molecular flexibility index (Phi) is 4.66. The third kappa shape index (κ3) is 3.19. The quantitative estimate of drug-likeness (QED) is 0.855. The fraction of sp³-hybridized carbons (Fsp3) is 0.500. The standard InChI is InChI=1S/C18H24N4O2/c1-13(2)12-22-17(23)15-7-5-4-6-14(15)16(19-22)18(24)21-10-8-20(3)9-11-21/h4-7,13H,8-12H2,1-3H3. The van der Waals surface area contributed by atoms with E-state index in [1.165, 1.54) is 4.68 Å². The molecule has 2 heterocycles. The Bertz CT molecular complexity index is 804. The van der Waals surface area contributed by atoms with Gasteiger partial charge in [-0.3, -0.25) is 9.59 Å². The highest BCUT2D eigenvalue weighted by Gasteiger charge is 2.24. The van der Waals surface area contributed by atoms with Crippen LogP contribution in [0.5, 0.6) is 0 Å². The molecule has 0 radical (unpaired) electrons. The van der Waals surface area contributed by atoms with Gasteiger partial charge in [-0.1, -0.05) is 32.0 Å². The highest BCUT2D eigenvalue weighted by atomic mass is 16.2. The number of benzene rings is 1. The summed E-state index contributed by atoms with van der Waals surface area (Å²) in [6.07, 6.45) is 0. The summed E-state index contributed by atoms with van der Waals surface area (Å²) in [6.45, 7) is 7.66. The van der Waals surface area contributed by atoms with E-state index in [1.807, 2.05) is 36.9 Å². The Hall–Kier alpha value is -2.21. The van der Waals surface area contributed by atoms with Gasteiger partial charge in [0.25, 0.3) is 11.5 Å². The molecule has 2 aromatic rings. The predicted octanol–water partition coefficient (Wildman–Crippen LogP) is 1.44. The summed E-state index contributed by atoms with van der Waals surface area (Å²) in [6, 6.07) is 7.26.